The first-order valence-corrected chi connectivity index (χ1v) is 11.7. The second-order valence-electron chi connectivity index (χ2n) is 8.20. The molecule has 1 unspecified atom stereocenters. The molecule has 1 atom stereocenters. The van der Waals surface area contributed by atoms with E-state index >= 15 is 0 Å². The fourth-order valence-electron chi connectivity index (χ4n) is 4.26. The standard InChI is InChI=1S/C26H20ClN3OS/c1-15-6-11-19-21(14-28)26(32-24(19)12-15)30-25(31)20-13-23(16-7-9-17(27)10-8-16)29-22-5-3-2-4-18(20)22/h2-5,7-10,13,15H,6,11-12H2,1H3,(H,30,31). The Morgan fingerprint density at radius 1 is 1.22 bits per heavy atom. The summed E-state index contributed by atoms with van der Waals surface area (Å²) in [6.45, 7) is 2.23. The van der Waals surface area contributed by atoms with Gasteiger partial charge < -0.3 is 5.32 Å². The number of hydrogen-bond donors (Lipinski definition) is 1. The molecule has 1 amide bonds. The summed E-state index contributed by atoms with van der Waals surface area (Å²) < 4.78 is 0. The highest BCUT2D eigenvalue weighted by atomic mass is 35.5. The molecule has 0 aliphatic heterocycles. The molecule has 2 aromatic heterocycles. The third-order valence-electron chi connectivity index (χ3n) is 5.95. The van der Waals surface area contributed by atoms with E-state index in [1.807, 2.05) is 54.6 Å². The zero-order valence-electron chi connectivity index (χ0n) is 17.5. The Morgan fingerprint density at radius 3 is 2.78 bits per heavy atom. The number of nitrogens with one attached hydrogen (secondary N) is 1. The van der Waals surface area contributed by atoms with Gasteiger partial charge in [0.25, 0.3) is 5.91 Å². The Kier molecular flexibility index (Phi) is 5.42. The van der Waals surface area contributed by atoms with Gasteiger partial charge >= 0.3 is 0 Å². The first kappa shape index (κ1) is 20.7. The van der Waals surface area contributed by atoms with E-state index in [4.69, 9.17) is 16.6 Å². The smallest absolute Gasteiger partial charge is 0.257 e. The van der Waals surface area contributed by atoms with Crippen molar-refractivity contribution in [2.24, 2.45) is 5.92 Å². The number of rotatable bonds is 3. The summed E-state index contributed by atoms with van der Waals surface area (Å²) in [6, 6.07) is 19.1. The summed E-state index contributed by atoms with van der Waals surface area (Å²) in [6.07, 6.45) is 2.93. The van der Waals surface area contributed by atoms with Gasteiger partial charge in [0, 0.05) is 20.8 Å². The molecule has 4 aromatic rings. The number of carbonyl (C=O) groups excluding carboxylic acids is 1. The quantitative estimate of drug-likeness (QED) is 0.365. The van der Waals surface area contributed by atoms with Crippen molar-refractivity contribution in [3.8, 4) is 17.3 Å². The van der Waals surface area contributed by atoms with Crippen molar-refractivity contribution in [1.29, 1.82) is 5.26 Å². The Labute approximate surface area is 195 Å². The van der Waals surface area contributed by atoms with Crippen LogP contribution in [-0.2, 0) is 12.8 Å². The molecule has 158 valence electrons. The summed E-state index contributed by atoms with van der Waals surface area (Å²) in [5, 5.41) is 14.9. The fraction of sp³-hybridized carbons (Fsp3) is 0.192. The van der Waals surface area contributed by atoms with Crippen LogP contribution in [0.3, 0.4) is 0 Å². The van der Waals surface area contributed by atoms with Crippen molar-refractivity contribution in [2.75, 3.05) is 5.32 Å². The van der Waals surface area contributed by atoms with Crippen molar-refractivity contribution >= 4 is 44.7 Å². The molecule has 5 rings (SSSR count). The molecule has 1 N–H and O–H groups in total. The number of fused-ring (bicyclic) bond motifs is 2. The maximum atomic E-state index is 13.4. The van der Waals surface area contributed by atoms with Crippen LogP contribution in [0.4, 0.5) is 5.00 Å². The molecule has 2 aromatic carbocycles. The topological polar surface area (TPSA) is 65.8 Å². The average molecular weight is 458 g/mol. The minimum atomic E-state index is -0.234. The van der Waals surface area contributed by atoms with Crippen LogP contribution < -0.4 is 5.32 Å². The number of amides is 1. The van der Waals surface area contributed by atoms with Gasteiger partial charge in [-0.3, -0.25) is 4.79 Å². The molecule has 32 heavy (non-hydrogen) atoms. The van der Waals surface area contributed by atoms with Gasteiger partial charge in [0.1, 0.15) is 11.1 Å². The van der Waals surface area contributed by atoms with E-state index in [1.165, 1.54) is 16.2 Å². The second kappa shape index (κ2) is 8.38. The molecule has 0 fully saturated rings. The number of thiophene rings is 1. The van der Waals surface area contributed by atoms with E-state index in [1.54, 1.807) is 0 Å². The Morgan fingerprint density at radius 2 is 2.00 bits per heavy atom. The van der Waals surface area contributed by atoms with Crippen molar-refractivity contribution in [1.82, 2.24) is 4.98 Å². The number of anilines is 1. The van der Waals surface area contributed by atoms with Gasteiger partial charge in [-0.15, -0.1) is 11.3 Å². The third-order valence-corrected chi connectivity index (χ3v) is 7.37. The largest absolute Gasteiger partial charge is 0.312 e. The van der Waals surface area contributed by atoms with Gasteiger partial charge in [-0.25, -0.2) is 4.98 Å². The van der Waals surface area contributed by atoms with Crippen LogP contribution in [0.2, 0.25) is 5.02 Å². The monoisotopic (exact) mass is 457 g/mol. The second-order valence-corrected chi connectivity index (χ2v) is 9.74. The number of aromatic nitrogens is 1. The van der Waals surface area contributed by atoms with Crippen molar-refractivity contribution in [3.05, 3.63) is 81.2 Å². The Balaban J connectivity index is 1.57. The predicted molar refractivity (Wildman–Crippen MR) is 130 cm³/mol. The summed E-state index contributed by atoms with van der Waals surface area (Å²) in [5.74, 6) is 0.365. The molecule has 4 nitrogen and oxygen atoms in total. The van der Waals surface area contributed by atoms with Gasteiger partial charge in [-0.1, -0.05) is 48.9 Å². The van der Waals surface area contributed by atoms with Crippen LogP contribution in [-0.4, -0.2) is 10.9 Å². The van der Waals surface area contributed by atoms with Crippen molar-refractivity contribution in [3.63, 3.8) is 0 Å². The van der Waals surface area contributed by atoms with E-state index in [-0.39, 0.29) is 5.91 Å². The lowest BCUT2D eigenvalue weighted by Gasteiger charge is -2.17. The van der Waals surface area contributed by atoms with Crippen LogP contribution in [0, 0.1) is 17.2 Å². The number of nitriles is 1. The predicted octanol–water partition coefficient (Wildman–Crippen LogP) is 6.87. The lowest BCUT2D eigenvalue weighted by Crippen LogP contribution is -2.13. The summed E-state index contributed by atoms with van der Waals surface area (Å²) in [4.78, 5) is 19.4. The first-order chi connectivity index (χ1) is 15.5. The van der Waals surface area contributed by atoms with Crippen molar-refractivity contribution < 1.29 is 4.79 Å². The lowest BCUT2D eigenvalue weighted by atomic mass is 9.88. The van der Waals surface area contributed by atoms with Gasteiger partial charge in [-0.05, 0) is 55.0 Å². The van der Waals surface area contributed by atoms with Gasteiger partial charge in [0.15, 0.2) is 0 Å². The van der Waals surface area contributed by atoms with Crippen molar-refractivity contribution in [2.45, 2.75) is 26.2 Å². The van der Waals surface area contributed by atoms with Gasteiger partial charge in [0.05, 0.1) is 22.3 Å². The summed E-state index contributed by atoms with van der Waals surface area (Å²) in [5.41, 5.74) is 4.57. The molecule has 0 saturated carbocycles. The highest BCUT2D eigenvalue weighted by molar-refractivity contribution is 7.16. The summed E-state index contributed by atoms with van der Waals surface area (Å²) in [7, 11) is 0. The van der Waals surface area contributed by atoms with Crippen LogP contribution in [0.5, 0.6) is 0 Å². The molecule has 2 heterocycles. The molecule has 1 aliphatic rings. The molecule has 1 aliphatic carbocycles. The summed E-state index contributed by atoms with van der Waals surface area (Å²) >= 11 is 7.57. The molecular formula is C26H20ClN3OS. The molecule has 0 spiro atoms. The van der Waals surface area contributed by atoms with E-state index in [0.717, 1.165) is 41.3 Å². The zero-order chi connectivity index (χ0) is 22.2. The number of pyridine rings is 1. The minimum Gasteiger partial charge on any atom is -0.312 e. The lowest BCUT2D eigenvalue weighted by molar-refractivity contribution is 0.102. The zero-order valence-corrected chi connectivity index (χ0v) is 19.1. The molecule has 0 bridgehead atoms. The number of carbonyl (C=O) groups is 1. The average Bonchev–Trinajstić information content (AvgIpc) is 3.14. The number of hydrogen-bond acceptors (Lipinski definition) is 4. The molecular weight excluding hydrogens is 438 g/mol. The SMILES string of the molecule is CC1CCc2c(sc(NC(=O)c3cc(-c4ccc(Cl)cc4)nc4ccccc34)c2C#N)C1. The fourth-order valence-corrected chi connectivity index (χ4v) is 5.74. The van der Waals surface area contributed by atoms with E-state index < -0.39 is 0 Å². The van der Waals surface area contributed by atoms with Crippen LogP contribution >= 0.6 is 22.9 Å². The number of para-hydroxylation sites is 1. The van der Waals surface area contributed by atoms with Gasteiger partial charge in [-0.2, -0.15) is 5.26 Å². The minimum absolute atomic E-state index is 0.234. The number of nitrogens with zero attached hydrogens (tertiary/aromatic N) is 2. The van der Waals surface area contributed by atoms with Crippen LogP contribution in [0.25, 0.3) is 22.2 Å². The molecule has 0 radical (unpaired) electrons. The van der Waals surface area contributed by atoms with E-state index in [0.29, 0.717) is 32.8 Å². The maximum absolute atomic E-state index is 13.4. The van der Waals surface area contributed by atoms with Crippen LogP contribution in [0.1, 0.15) is 39.7 Å². The molecule has 6 heteroatoms. The normalized spacial score (nSPS) is 15.2. The third kappa shape index (κ3) is 3.77. The molecule has 0 saturated heterocycles. The Bertz CT molecular complexity index is 1380. The van der Waals surface area contributed by atoms with Crippen LogP contribution in [0.15, 0.2) is 54.6 Å². The van der Waals surface area contributed by atoms with E-state index in [2.05, 4.69) is 18.3 Å². The number of benzene rings is 2. The first-order valence-electron chi connectivity index (χ1n) is 10.5. The van der Waals surface area contributed by atoms with Gasteiger partial charge in [0.2, 0.25) is 0 Å². The van der Waals surface area contributed by atoms with E-state index in [9.17, 15) is 10.1 Å². The maximum Gasteiger partial charge on any atom is 0.257 e. The Hall–Kier alpha value is -3.20. The highest BCUT2D eigenvalue weighted by Crippen LogP contribution is 2.39. The number of halogens is 1. The highest BCUT2D eigenvalue weighted by Gasteiger charge is 2.25.